The number of rotatable bonds is 3. The van der Waals surface area contributed by atoms with Crippen molar-refractivity contribution in [3.63, 3.8) is 0 Å². The Labute approximate surface area is 132 Å². The molecule has 0 radical (unpaired) electrons. The van der Waals surface area contributed by atoms with Gasteiger partial charge in [0.1, 0.15) is 12.6 Å². The largest absolute Gasteiger partial charge is 0.460 e. The second-order valence-electron chi connectivity index (χ2n) is 5.11. The molecule has 0 spiro atoms. The van der Waals surface area contributed by atoms with Gasteiger partial charge in [-0.05, 0) is 23.6 Å². The Morgan fingerprint density at radius 1 is 1.14 bits per heavy atom. The van der Waals surface area contributed by atoms with Crippen molar-refractivity contribution < 1.29 is 9.53 Å². The van der Waals surface area contributed by atoms with Crippen LogP contribution >= 0.6 is 15.9 Å². The number of halogens is 1. The molecule has 0 aromatic heterocycles. The lowest BCUT2D eigenvalue weighted by Crippen LogP contribution is -2.42. The standard InChI is InChI=1S/C17H16BrNO2/c18-15-8-4-3-7-14(15)11-21-17(20)16-9-12-5-1-2-6-13(12)10-19-16/h1-8,16,19H,9-11H2/t16-/m0/s1. The van der Waals surface area contributed by atoms with Gasteiger partial charge in [0.15, 0.2) is 0 Å². The smallest absolute Gasteiger partial charge is 0.323 e. The van der Waals surface area contributed by atoms with Gasteiger partial charge < -0.3 is 10.1 Å². The molecular formula is C17H16BrNO2. The van der Waals surface area contributed by atoms with Crippen LogP contribution in [0.4, 0.5) is 0 Å². The van der Waals surface area contributed by atoms with Crippen molar-refractivity contribution in [1.82, 2.24) is 5.32 Å². The van der Waals surface area contributed by atoms with Gasteiger partial charge in [-0.15, -0.1) is 0 Å². The monoisotopic (exact) mass is 345 g/mol. The minimum absolute atomic E-state index is 0.194. The third-order valence-electron chi connectivity index (χ3n) is 3.69. The first-order chi connectivity index (χ1) is 10.2. The topological polar surface area (TPSA) is 38.3 Å². The summed E-state index contributed by atoms with van der Waals surface area (Å²) in [6.45, 7) is 1.01. The van der Waals surface area contributed by atoms with Gasteiger partial charge in [-0.2, -0.15) is 0 Å². The van der Waals surface area contributed by atoms with Gasteiger partial charge in [0.2, 0.25) is 0 Å². The highest BCUT2D eigenvalue weighted by Gasteiger charge is 2.25. The number of ether oxygens (including phenoxy) is 1. The van der Waals surface area contributed by atoms with Crippen molar-refractivity contribution in [3.05, 3.63) is 69.7 Å². The molecule has 1 aliphatic rings. The number of hydrogen-bond acceptors (Lipinski definition) is 3. The zero-order valence-corrected chi connectivity index (χ0v) is 13.1. The molecule has 3 nitrogen and oxygen atoms in total. The van der Waals surface area contributed by atoms with E-state index >= 15 is 0 Å². The predicted molar refractivity (Wildman–Crippen MR) is 84.7 cm³/mol. The van der Waals surface area contributed by atoms with Gasteiger partial charge in [0, 0.05) is 16.6 Å². The van der Waals surface area contributed by atoms with Crippen LogP contribution < -0.4 is 5.32 Å². The van der Waals surface area contributed by atoms with Gasteiger partial charge in [-0.3, -0.25) is 4.79 Å². The van der Waals surface area contributed by atoms with Gasteiger partial charge in [0.25, 0.3) is 0 Å². The number of hydrogen-bond donors (Lipinski definition) is 1. The zero-order chi connectivity index (χ0) is 14.7. The second kappa shape index (κ2) is 6.41. The summed E-state index contributed by atoms with van der Waals surface area (Å²) in [5, 5.41) is 3.24. The summed E-state index contributed by atoms with van der Waals surface area (Å²) in [5.41, 5.74) is 3.45. The third kappa shape index (κ3) is 3.34. The van der Waals surface area contributed by atoms with E-state index in [0.29, 0.717) is 19.6 Å². The first-order valence-corrected chi connectivity index (χ1v) is 7.73. The quantitative estimate of drug-likeness (QED) is 0.868. The summed E-state index contributed by atoms with van der Waals surface area (Å²) in [6.07, 6.45) is 0.685. The van der Waals surface area contributed by atoms with Crippen molar-refractivity contribution in [1.29, 1.82) is 0 Å². The van der Waals surface area contributed by atoms with E-state index in [1.165, 1.54) is 11.1 Å². The molecule has 0 amide bonds. The average molecular weight is 346 g/mol. The van der Waals surface area contributed by atoms with Gasteiger partial charge in [-0.1, -0.05) is 58.4 Å². The Balaban J connectivity index is 1.61. The molecule has 0 saturated heterocycles. The third-order valence-corrected chi connectivity index (χ3v) is 4.47. The molecule has 0 saturated carbocycles. The highest BCUT2D eigenvalue weighted by molar-refractivity contribution is 9.10. The number of carbonyl (C=O) groups is 1. The second-order valence-corrected chi connectivity index (χ2v) is 5.96. The summed E-state index contributed by atoms with van der Waals surface area (Å²) in [7, 11) is 0. The average Bonchev–Trinajstić information content (AvgIpc) is 2.53. The molecule has 0 fully saturated rings. The van der Waals surface area contributed by atoms with Crippen LogP contribution in [0.25, 0.3) is 0 Å². The molecule has 21 heavy (non-hydrogen) atoms. The SMILES string of the molecule is O=C(OCc1ccccc1Br)[C@@H]1Cc2ccccc2CN1. The van der Waals surface area contributed by atoms with Crippen LogP contribution in [-0.2, 0) is 29.1 Å². The fourth-order valence-electron chi connectivity index (χ4n) is 2.49. The van der Waals surface area contributed by atoms with Gasteiger partial charge in [-0.25, -0.2) is 0 Å². The van der Waals surface area contributed by atoms with E-state index in [1.54, 1.807) is 0 Å². The number of carbonyl (C=O) groups excluding carboxylic acids is 1. The number of nitrogens with one attached hydrogen (secondary N) is 1. The zero-order valence-electron chi connectivity index (χ0n) is 11.5. The molecule has 0 aliphatic carbocycles. The first kappa shape index (κ1) is 14.3. The molecule has 4 heteroatoms. The molecule has 1 atom stereocenters. The summed E-state index contributed by atoms with van der Waals surface area (Å²) < 4.78 is 6.39. The number of esters is 1. The van der Waals surface area contributed by atoms with Gasteiger partial charge >= 0.3 is 5.97 Å². The molecular weight excluding hydrogens is 330 g/mol. The normalized spacial score (nSPS) is 17.1. The lowest BCUT2D eigenvalue weighted by atomic mass is 9.96. The summed E-state index contributed by atoms with van der Waals surface area (Å²) in [4.78, 5) is 12.2. The van der Waals surface area contributed by atoms with Crippen molar-refractivity contribution in [3.8, 4) is 0 Å². The van der Waals surface area contributed by atoms with E-state index in [-0.39, 0.29) is 12.0 Å². The summed E-state index contributed by atoms with van der Waals surface area (Å²) in [5.74, 6) is -0.194. The Bertz CT molecular complexity index is 657. The molecule has 1 aliphatic heterocycles. The van der Waals surface area contributed by atoms with Crippen molar-refractivity contribution in [2.24, 2.45) is 0 Å². The van der Waals surface area contributed by atoms with E-state index in [0.717, 1.165) is 10.0 Å². The highest BCUT2D eigenvalue weighted by atomic mass is 79.9. The van der Waals surface area contributed by atoms with E-state index in [9.17, 15) is 4.79 Å². The summed E-state index contributed by atoms with van der Waals surface area (Å²) >= 11 is 3.46. The van der Waals surface area contributed by atoms with Crippen LogP contribution in [0.2, 0.25) is 0 Å². The Hall–Kier alpha value is -1.65. The molecule has 108 valence electrons. The molecule has 2 aromatic rings. The number of fused-ring (bicyclic) bond motifs is 1. The number of benzene rings is 2. The molecule has 2 aromatic carbocycles. The predicted octanol–water partition coefficient (Wildman–Crippen LogP) is 3.21. The Morgan fingerprint density at radius 3 is 2.67 bits per heavy atom. The molecule has 1 heterocycles. The van der Waals surface area contributed by atoms with Crippen LogP contribution in [0, 0.1) is 0 Å². The van der Waals surface area contributed by atoms with E-state index in [2.05, 4.69) is 33.4 Å². The maximum absolute atomic E-state index is 12.2. The van der Waals surface area contributed by atoms with E-state index < -0.39 is 0 Å². The van der Waals surface area contributed by atoms with Crippen molar-refractivity contribution in [2.75, 3.05) is 0 Å². The minimum atomic E-state index is -0.262. The maximum atomic E-state index is 12.2. The molecule has 0 bridgehead atoms. The van der Waals surface area contributed by atoms with Crippen LogP contribution in [0.1, 0.15) is 16.7 Å². The summed E-state index contributed by atoms with van der Waals surface area (Å²) in [6, 6.07) is 15.7. The lowest BCUT2D eigenvalue weighted by molar-refractivity contribution is -0.147. The van der Waals surface area contributed by atoms with Crippen molar-refractivity contribution >= 4 is 21.9 Å². The van der Waals surface area contributed by atoms with Crippen LogP contribution in [-0.4, -0.2) is 12.0 Å². The Kier molecular flexibility index (Phi) is 4.36. The van der Waals surface area contributed by atoms with E-state index in [4.69, 9.17) is 4.74 Å². The first-order valence-electron chi connectivity index (χ1n) is 6.94. The van der Waals surface area contributed by atoms with Crippen LogP contribution in [0.3, 0.4) is 0 Å². The molecule has 1 N–H and O–H groups in total. The lowest BCUT2D eigenvalue weighted by Gasteiger charge is -2.24. The Morgan fingerprint density at radius 2 is 1.86 bits per heavy atom. The van der Waals surface area contributed by atoms with Crippen LogP contribution in [0.15, 0.2) is 53.0 Å². The fourth-order valence-corrected chi connectivity index (χ4v) is 2.89. The minimum Gasteiger partial charge on any atom is -0.460 e. The van der Waals surface area contributed by atoms with Crippen LogP contribution in [0.5, 0.6) is 0 Å². The fraction of sp³-hybridized carbons (Fsp3) is 0.235. The highest BCUT2D eigenvalue weighted by Crippen LogP contribution is 2.19. The van der Waals surface area contributed by atoms with Crippen molar-refractivity contribution in [2.45, 2.75) is 25.6 Å². The maximum Gasteiger partial charge on any atom is 0.323 e. The van der Waals surface area contributed by atoms with Gasteiger partial charge in [0.05, 0.1) is 0 Å². The molecule has 0 unspecified atom stereocenters. The van der Waals surface area contributed by atoms with E-state index in [1.807, 2.05) is 36.4 Å². The molecule has 3 rings (SSSR count).